The summed E-state index contributed by atoms with van der Waals surface area (Å²) < 4.78 is 57.6. The van der Waals surface area contributed by atoms with Gasteiger partial charge in [0.05, 0.1) is 22.0 Å². The molecule has 1 aromatic carbocycles. The quantitative estimate of drug-likeness (QED) is 0.180. The van der Waals surface area contributed by atoms with E-state index in [0.29, 0.717) is 36.6 Å². The summed E-state index contributed by atoms with van der Waals surface area (Å²) in [6.07, 6.45) is 0.986. The highest BCUT2D eigenvalue weighted by Gasteiger charge is 2.49. The van der Waals surface area contributed by atoms with Crippen LogP contribution >= 0.6 is 11.6 Å². The van der Waals surface area contributed by atoms with Gasteiger partial charge in [-0.05, 0) is 69.2 Å². The first-order valence-corrected chi connectivity index (χ1v) is 17.9. The number of nitrogens with zero attached hydrogens (tertiary/aromatic N) is 8. The topological polar surface area (TPSA) is 173 Å². The number of aromatic hydroxyl groups is 1. The van der Waals surface area contributed by atoms with E-state index in [2.05, 4.69) is 35.7 Å². The normalized spacial score (nSPS) is 17.8. The van der Waals surface area contributed by atoms with Gasteiger partial charge >= 0.3 is 6.18 Å². The van der Waals surface area contributed by atoms with Crippen LogP contribution in [0.4, 0.5) is 29.1 Å². The molecule has 1 unspecified atom stereocenters. The maximum atomic E-state index is 15.1. The van der Waals surface area contributed by atoms with Crippen LogP contribution in [-0.2, 0) is 22.9 Å². The van der Waals surface area contributed by atoms with Crippen molar-refractivity contribution in [2.24, 2.45) is 0 Å². The number of benzene rings is 1. The number of carbonyl (C=O) groups is 2. The Morgan fingerprint density at radius 3 is 2.53 bits per heavy atom. The van der Waals surface area contributed by atoms with Crippen molar-refractivity contribution >= 4 is 40.7 Å². The van der Waals surface area contributed by atoms with Gasteiger partial charge in [-0.1, -0.05) is 18.5 Å². The van der Waals surface area contributed by atoms with Crippen LogP contribution in [0.25, 0.3) is 17.2 Å². The first-order valence-electron chi connectivity index (χ1n) is 17.6. The van der Waals surface area contributed by atoms with Crippen molar-refractivity contribution in [2.45, 2.75) is 76.0 Å². The number of nitrogens with one attached hydrogen (secondary N) is 2. The third-order valence-electron chi connectivity index (χ3n) is 10.6. The summed E-state index contributed by atoms with van der Waals surface area (Å²) in [5.41, 5.74) is -1.03. The second-order valence-electron chi connectivity index (χ2n) is 14.3. The number of carbonyl (C=O) groups excluding carboxylic acids is 2. The van der Waals surface area contributed by atoms with Crippen LogP contribution in [0.5, 0.6) is 5.75 Å². The van der Waals surface area contributed by atoms with E-state index < -0.39 is 46.9 Å². The molecule has 1 saturated heterocycles. The van der Waals surface area contributed by atoms with Gasteiger partial charge in [-0.15, -0.1) is 5.10 Å². The van der Waals surface area contributed by atoms with Gasteiger partial charge in [-0.2, -0.15) is 22.7 Å². The van der Waals surface area contributed by atoms with Gasteiger partial charge in [0.25, 0.3) is 11.5 Å². The summed E-state index contributed by atoms with van der Waals surface area (Å²) in [5, 5.41) is 20.2. The van der Waals surface area contributed by atoms with E-state index >= 15 is 4.39 Å². The molecule has 2 aliphatic carbocycles. The third-order valence-corrected chi connectivity index (χ3v) is 10.9. The molecule has 8 rings (SSSR count). The maximum absolute atomic E-state index is 15.1. The Balaban J connectivity index is 1.18. The molecule has 286 valence electrons. The molecule has 4 aromatic heterocycles. The molecule has 0 radical (unpaired) electrons. The molecule has 3 aliphatic rings. The first-order chi connectivity index (χ1) is 26.1. The Hall–Kier alpha value is -5.65. The lowest BCUT2D eigenvalue weighted by Gasteiger charge is -2.39. The number of likely N-dealkylation sites (tertiary alicyclic amines) is 1. The standard InChI is InChI=1S/C36H33ClF4N10O4/c1-17-13-35(7-9-49(10-8-35)33(55)27-29(53)18(2)43-16-44-27)26-28(17)50(15-25(52)46-24-6-3-20(12-22(24)37)36(39,40)41)34-47-30(48-51(34)32(26)54)19-11-23(38)31(42-14-19)45-21-4-5-21/h3,6,11-12,14,16-17,21,53H,4-5,7-10,13,15H2,1-2H3,(H,42,45)(H,46,52). The van der Waals surface area contributed by atoms with Crippen molar-refractivity contribution in [3.05, 3.63) is 86.2 Å². The number of hydrogen-bond acceptors (Lipinski definition) is 10. The molecule has 2 amide bonds. The van der Waals surface area contributed by atoms with Crippen molar-refractivity contribution in [3.63, 3.8) is 0 Å². The molecule has 1 atom stereocenters. The van der Waals surface area contributed by atoms with Crippen LogP contribution < -0.4 is 16.2 Å². The second kappa shape index (κ2) is 13.3. The Kier molecular flexibility index (Phi) is 8.77. The lowest BCUT2D eigenvalue weighted by Crippen LogP contribution is -2.46. The highest BCUT2D eigenvalue weighted by atomic mass is 35.5. The fourth-order valence-electron chi connectivity index (χ4n) is 7.73. The zero-order valence-electron chi connectivity index (χ0n) is 29.4. The monoisotopic (exact) mass is 780 g/mol. The number of pyridine rings is 1. The smallest absolute Gasteiger partial charge is 0.416 e. The third kappa shape index (κ3) is 6.51. The van der Waals surface area contributed by atoms with E-state index in [9.17, 15) is 32.7 Å². The van der Waals surface area contributed by atoms with Crippen molar-refractivity contribution in [3.8, 4) is 17.1 Å². The van der Waals surface area contributed by atoms with Gasteiger partial charge in [0.2, 0.25) is 11.7 Å². The Bertz CT molecular complexity index is 2460. The lowest BCUT2D eigenvalue weighted by molar-refractivity contribution is -0.137. The molecule has 1 aliphatic heterocycles. The largest absolute Gasteiger partial charge is 0.504 e. The fourth-order valence-corrected chi connectivity index (χ4v) is 7.95. The maximum Gasteiger partial charge on any atom is 0.416 e. The van der Waals surface area contributed by atoms with Crippen molar-refractivity contribution in [1.29, 1.82) is 0 Å². The molecule has 19 heteroatoms. The number of hydrogen-bond donors (Lipinski definition) is 3. The number of rotatable bonds is 7. The zero-order chi connectivity index (χ0) is 39.0. The second-order valence-corrected chi connectivity index (χ2v) is 14.8. The van der Waals surface area contributed by atoms with Crippen LogP contribution in [0.15, 0.2) is 41.6 Å². The SMILES string of the molecule is Cc1ncnc(C(=O)N2CCC3(CC2)CC(C)c2c3c(=O)n3nc(-c4cnc(NC5CC5)c(F)c4)nc3n2CC(=O)Nc2ccc(C(F)(F)F)cc2Cl)c1O. The predicted octanol–water partition coefficient (Wildman–Crippen LogP) is 5.46. The molecule has 55 heavy (non-hydrogen) atoms. The van der Waals surface area contributed by atoms with Crippen LogP contribution in [-0.4, -0.2) is 75.1 Å². The zero-order valence-corrected chi connectivity index (χ0v) is 30.2. The highest BCUT2D eigenvalue weighted by Crippen LogP contribution is 2.50. The van der Waals surface area contributed by atoms with E-state index in [4.69, 9.17) is 11.6 Å². The van der Waals surface area contributed by atoms with Gasteiger partial charge in [-0.3, -0.25) is 14.4 Å². The number of amides is 2. The van der Waals surface area contributed by atoms with Gasteiger partial charge in [-0.25, -0.2) is 19.3 Å². The highest BCUT2D eigenvalue weighted by molar-refractivity contribution is 6.33. The number of piperidine rings is 1. The van der Waals surface area contributed by atoms with Crippen molar-refractivity contribution in [2.75, 3.05) is 23.7 Å². The van der Waals surface area contributed by atoms with Crippen LogP contribution in [0.3, 0.4) is 0 Å². The van der Waals surface area contributed by atoms with Gasteiger partial charge in [0.15, 0.2) is 28.9 Å². The van der Waals surface area contributed by atoms with E-state index in [1.165, 1.54) is 18.6 Å². The predicted molar refractivity (Wildman–Crippen MR) is 190 cm³/mol. The summed E-state index contributed by atoms with van der Waals surface area (Å²) in [7, 11) is 0. The van der Waals surface area contributed by atoms with E-state index in [1.807, 2.05) is 6.92 Å². The average Bonchev–Trinajstić information content (AvgIpc) is 3.76. The van der Waals surface area contributed by atoms with E-state index in [-0.39, 0.29) is 75.9 Å². The van der Waals surface area contributed by atoms with Gasteiger partial charge in [0.1, 0.15) is 12.9 Å². The van der Waals surface area contributed by atoms with Gasteiger partial charge in [0, 0.05) is 47.6 Å². The summed E-state index contributed by atoms with van der Waals surface area (Å²) >= 11 is 6.15. The number of halogens is 5. The van der Waals surface area contributed by atoms with E-state index in [1.54, 1.807) is 16.4 Å². The number of fused-ring (bicyclic) bond motifs is 3. The van der Waals surface area contributed by atoms with Crippen LogP contribution in [0.1, 0.15) is 77.9 Å². The lowest BCUT2D eigenvalue weighted by atomic mass is 9.73. The summed E-state index contributed by atoms with van der Waals surface area (Å²) in [6, 6.07) is 3.93. The summed E-state index contributed by atoms with van der Waals surface area (Å²) in [6.45, 7) is 3.49. The van der Waals surface area contributed by atoms with Crippen molar-refractivity contribution < 1.29 is 32.3 Å². The van der Waals surface area contributed by atoms with Crippen LogP contribution in [0.2, 0.25) is 5.02 Å². The number of alkyl halides is 3. The summed E-state index contributed by atoms with van der Waals surface area (Å²) in [4.78, 5) is 59.9. The molecule has 0 bridgehead atoms. The molecule has 5 heterocycles. The number of aryl methyl sites for hydroxylation is 1. The Morgan fingerprint density at radius 2 is 1.85 bits per heavy atom. The van der Waals surface area contributed by atoms with Gasteiger partial charge < -0.3 is 25.2 Å². The first kappa shape index (κ1) is 36.3. The fraction of sp³-hybridized carbons (Fsp3) is 0.389. The molecular formula is C36H33ClF4N10O4. The molecule has 1 spiro atoms. The summed E-state index contributed by atoms with van der Waals surface area (Å²) in [5.74, 6) is -2.33. The number of anilines is 2. The van der Waals surface area contributed by atoms with E-state index in [0.717, 1.165) is 29.5 Å². The van der Waals surface area contributed by atoms with Crippen LogP contribution in [0, 0.1) is 12.7 Å². The molecule has 2 fully saturated rings. The minimum Gasteiger partial charge on any atom is -0.504 e. The Labute approximate surface area is 314 Å². The molecule has 3 N–H and O–H groups in total. The molecular weight excluding hydrogens is 748 g/mol. The molecule has 14 nitrogen and oxygen atoms in total. The minimum atomic E-state index is -4.64. The minimum absolute atomic E-state index is 0.0147. The Morgan fingerprint density at radius 1 is 1.11 bits per heavy atom. The average molecular weight is 781 g/mol. The number of aromatic nitrogens is 7. The van der Waals surface area contributed by atoms with Crippen molar-refractivity contribution in [1.82, 2.24) is 39.0 Å². The molecule has 1 saturated carbocycles. The molecule has 5 aromatic rings.